The van der Waals surface area contributed by atoms with Crippen LogP contribution in [0.4, 0.5) is 0 Å². The van der Waals surface area contributed by atoms with Crippen LogP contribution < -0.4 is 11.2 Å². The fourth-order valence-electron chi connectivity index (χ4n) is 3.95. The lowest BCUT2D eigenvalue weighted by Crippen LogP contribution is -2.37. The molecular formula is C22H23BrN4O3. The Hall–Kier alpha value is -2.71. The van der Waals surface area contributed by atoms with Gasteiger partial charge in [-0.3, -0.25) is 13.9 Å². The molecule has 0 radical (unpaired) electrons. The average Bonchev–Trinajstić information content (AvgIpc) is 3.09. The Balaban J connectivity index is 1.86. The second-order valence-corrected chi connectivity index (χ2v) is 8.57. The summed E-state index contributed by atoms with van der Waals surface area (Å²) < 4.78 is 5.43. The van der Waals surface area contributed by atoms with Gasteiger partial charge in [-0.2, -0.15) is 0 Å². The van der Waals surface area contributed by atoms with Crippen LogP contribution >= 0.6 is 15.9 Å². The standard InChI is InChI=1S/C22H23BrN4O3/c1-25-20-19(21(29)26(2)22(25)30)27(12-15-6-4-8-17(23)10-15)18(24-20)11-14-5-3-7-16(9-14)13-28/h3-8,10,14,28H,9,11-13H2,1-2H3. The summed E-state index contributed by atoms with van der Waals surface area (Å²) in [7, 11) is 3.12. The molecule has 7 nitrogen and oxygen atoms in total. The largest absolute Gasteiger partial charge is 0.392 e. The van der Waals surface area contributed by atoms with Crippen LogP contribution in [0, 0.1) is 5.92 Å². The Bertz CT molecular complexity index is 1300. The number of nitrogens with zero attached hydrogens (tertiary/aromatic N) is 4. The van der Waals surface area contributed by atoms with Gasteiger partial charge in [0.25, 0.3) is 5.56 Å². The average molecular weight is 471 g/mol. The van der Waals surface area contributed by atoms with E-state index in [1.165, 1.54) is 11.6 Å². The zero-order valence-corrected chi connectivity index (χ0v) is 18.5. The van der Waals surface area contributed by atoms with Gasteiger partial charge in [-0.15, -0.1) is 0 Å². The van der Waals surface area contributed by atoms with Gasteiger partial charge in [0.2, 0.25) is 0 Å². The van der Waals surface area contributed by atoms with Crippen LogP contribution in [0.3, 0.4) is 0 Å². The van der Waals surface area contributed by atoms with Gasteiger partial charge in [-0.05, 0) is 35.6 Å². The van der Waals surface area contributed by atoms with E-state index >= 15 is 0 Å². The first-order valence-corrected chi connectivity index (χ1v) is 10.5. The van der Waals surface area contributed by atoms with Crippen LogP contribution in [0.2, 0.25) is 0 Å². The maximum Gasteiger partial charge on any atom is 0.332 e. The molecule has 0 spiro atoms. The molecule has 1 N–H and O–H groups in total. The smallest absolute Gasteiger partial charge is 0.332 e. The number of rotatable bonds is 5. The van der Waals surface area contributed by atoms with Crippen molar-refractivity contribution in [1.82, 2.24) is 18.7 Å². The molecule has 3 aromatic rings. The molecule has 1 aromatic carbocycles. The molecule has 1 aliphatic rings. The number of aliphatic hydroxyl groups excluding tert-OH is 1. The fraction of sp³-hybridized carbons (Fsp3) is 0.318. The maximum absolute atomic E-state index is 13.0. The van der Waals surface area contributed by atoms with Crippen molar-refractivity contribution in [1.29, 1.82) is 0 Å². The van der Waals surface area contributed by atoms with E-state index in [1.54, 1.807) is 7.05 Å². The SMILES string of the molecule is Cn1c(=O)c2c(nc(CC3C=CC=C(CO)C3)n2Cc2cccc(Br)c2)n(C)c1=O. The molecule has 8 heteroatoms. The Morgan fingerprint density at radius 2 is 2.03 bits per heavy atom. The minimum Gasteiger partial charge on any atom is -0.392 e. The van der Waals surface area contributed by atoms with Gasteiger partial charge in [0, 0.05) is 31.5 Å². The summed E-state index contributed by atoms with van der Waals surface area (Å²) in [6.45, 7) is 0.502. The summed E-state index contributed by atoms with van der Waals surface area (Å²) in [6.07, 6.45) is 7.33. The number of benzene rings is 1. The molecular weight excluding hydrogens is 448 g/mol. The predicted molar refractivity (Wildman–Crippen MR) is 120 cm³/mol. The van der Waals surface area contributed by atoms with Gasteiger partial charge in [-0.1, -0.05) is 46.3 Å². The minimum absolute atomic E-state index is 0.0321. The normalized spacial score (nSPS) is 16.3. The van der Waals surface area contributed by atoms with Crippen molar-refractivity contribution in [2.24, 2.45) is 20.0 Å². The number of hydrogen-bond acceptors (Lipinski definition) is 4. The number of aromatic nitrogens is 4. The van der Waals surface area contributed by atoms with E-state index in [-0.39, 0.29) is 18.1 Å². The van der Waals surface area contributed by atoms with Crippen molar-refractivity contribution < 1.29 is 5.11 Å². The molecule has 0 saturated heterocycles. The van der Waals surface area contributed by atoms with Crippen LogP contribution in [0.25, 0.3) is 11.2 Å². The first-order chi connectivity index (χ1) is 14.4. The lowest BCUT2D eigenvalue weighted by molar-refractivity contribution is 0.321. The van der Waals surface area contributed by atoms with Crippen LogP contribution in [0.5, 0.6) is 0 Å². The zero-order chi connectivity index (χ0) is 21.4. The third-order valence-electron chi connectivity index (χ3n) is 5.54. The predicted octanol–water partition coefficient (Wildman–Crippen LogP) is 2.28. The number of aliphatic hydroxyl groups is 1. The Kier molecular flexibility index (Phi) is 5.62. The third-order valence-corrected chi connectivity index (χ3v) is 6.04. The second kappa shape index (κ2) is 8.20. The molecule has 1 unspecified atom stereocenters. The fourth-order valence-corrected chi connectivity index (χ4v) is 4.40. The number of hydrogen-bond donors (Lipinski definition) is 1. The molecule has 0 bridgehead atoms. The van der Waals surface area contributed by atoms with Crippen LogP contribution in [-0.2, 0) is 27.1 Å². The van der Waals surface area contributed by atoms with Crippen molar-refractivity contribution in [2.75, 3.05) is 6.61 Å². The highest BCUT2D eigenvalue weighted by Crippen LogP contribution is 2.24. The van der Waals surface area contributed by atoms with Crippen LogP contribution in [0.1, 0.15) is 17.8 Å². The van der Waals surface area contributed by atoms with E-state index in [2.05, 4.69) is 22.0 Å². The number of fused-ring (bicyclic) bond motifs is 1. The van der Waals surface area contributed by atoms with Gasteiger partial charge < -0.3 is 9.67 Å². The summed E-state index contributed by atoms with van der Waals surface area (Å²) in [5.74, 6) is 0.910. The van der Waals surface area contributed by atoms with E-state index in [0.717, 1.165) is 32.4 Å². The lowest BCUT2D eigenvalue weighted by atomic mass is 9.92. The maximum atomic E-state index is 13.0. The second-order valence-electron chi connectivity index (χ2n) is 7.66. The first kappa shape index (κ1) is 20.6. The Morgan fingerprint density at radius 1 is 1.23 bits per heavy atom. The third kappa shape index (κ3) is 3.73. The van der Waals surface area contributed by atoms with Crippen molar-refractivity contribution in [3.63, 3.8) is 0 Å². The highest BCUT2D eigenvalue weighted by Gasteiger charge is 2.22. The van der Waals surface area contributed by atoms with Crippen LogP contribution in [-0.4, -0.2) is 30.4 Å². The molecule has 0 amide bonds. The van der Waals surface area contributed by atoms with Gasteiger partial charge in [-0.25, -0.2) is 9.78 Å². The highest BCUT2D eigenvalue weighted by atomic mass is 79.9. The van der Waals surface area contributed by atoms with Gasteiger partial charge >= 0.3 is 5.69 Å². The monoisotopic (exact) mass is 470 g/mol. The summed E-state index contributed by atoms with van der Waals surface area (Å²) in [5.41, 5.74) is 2.07. The van der Waals surface area contributed by atoms with Gasteiger partial charge in [0.15, 0.2) is 11.2 Å². The summed E-state index contributed by atoms with van der Waals surface area (Å²) in [4.78, 5) is 30.2. The van der Waals surface area contributed by atoms with Crippen molar-refractivity contribution >= 4 is 27.1 Å². The van der Waals surface area contributed by atoms with E-state index < -0.39 is 5.69 Å². The summed E-state index contributed by atoms with van der Waals surface area (Å²) in [6, 6.07) is 7.91. The number of halogens is 1. The minimum atomic E-state index is -0.394. The molecule has 2 heterocycles. The quantitative estimate of drug-likeness (QED) is 0.619. The van der Waals surface area contributed by atoms with E-state index in [0.29, 0.717) is 24.1 Å². The molecule has 4 rings (SSSR count). The molecule has 0 saturated carbocycles. The molecule has 1 atom stereocenters. The van der Waals surface area contributed by atoms with Crippen molar-refractivity contribution in [2.45, 2.75) is 19.4 Å². The molecule has 2 aromatic heterocycles. The number of allylic oxidation sites excluding steroid dienone is 3. The lowest BCUT2D eigenvalue weighted by Gasteiger charge is -2.18. The number of aryl methyl sites for hydroxylation is 1. The van der Waals surface area contributed by atoms with E-state index in [1.807, 2.05) is 41.0 Å². The Labute approximate surface area is 181 Å². The van der Waals surface area contributed by atoms with Gasteiger partial charge in [0.05, 0.1) is 6.61 Å². The summed E-state index contributed by atoms with van der Waals surface area (Å²) in [5, 5.41) is 9.49. The molecule has 0 aliphatic heterocycles. The molecule has 30 heavy (non-hydrogen) atoms. The van der Waals surface area contributed by atoms with Crippen molar-refractivity contribution in [3.8, 4) is 0 Å². The first-order valence-electron chi connectivity index (χ1n) is 9.75. The van der Waals surface area contributed by atoms with Crippen molar-refractivity contribution in [3.05, 3.63) is 84.8 Å². The topological polar surface area (TPSA) is 82.1 Å². The Morgan fingerprint density at radius 3 is 2.77 bits per heavy atom. The van der Waals surface area contributed by atoms with Gasteiger partial charge in [0.1, 0.15) is 5.82 Å². The van der Waals surface area contributed by atoms with E-state index in [4.69, 9.17) is 4.98 Å². The molecule has 156 valence electrons. The zero-order valence-electron chi connectivity index (χ0n) is 16.9. The molecule has 1 aliphatic carbocycles. The number of imidazole rings is 1. The van der Waals surface area contributed by atoms with Crippen LogP contribution in [0.15, 0.2) is 62.1 Å². The summed E-state index contributed by atoms with van der Waals surface area (Å²) >= 11 is 3.50. The molecule has 0 fully saturated rings. The highest BCUT2D eigenvalue weighted by molar-refractivity contribution is 9.10. The van der Waals surface area contributed by atoms with E-state index in [9.17, 15) is 14.7 Å².